The molecule has 3 rings (SSSR count). The number of piperidine rings is 1. The molecule has 4 heteroatoms. The smallest absolute Gasteiger partial charge is 0.246 e. The maximum atomic E-state index is 12.3. The first-order valence-electron chi connectivity index (χ1n) is 8.37. The normalized spacial score (nSPS) is 15.8. The molecule has 0 bridgehead atoms. The highest BCUT2D eigenvalue weighted by Crippen LogP contribution is 2.25. The lowest BCUT2D eigenvalue weighted by molar-refractivity contribution is -0.127. The van der Waals surface area contributed by atoms with Crippen LogP contribution < -0.4 is 0 Å². The molecule has 0 aliphatic carbocycles. The summed E-state index contributed by atoms with van der Waals surface area (Å²) in [5.74, 6) is 1.87. The molecule has 1 aliphatic rings. The van der Waals surface area contributed by atoms with Gasteiger partial charge in [-0.05, 0) is 42.5 Å². The van der Waals surface area contributed by atoms with E-state index in [0.717, 1.165) is 42.3 Å². The molecule has 1 aromatic heterocycles. The first-order chi connectivity index (χ1) is 11.8. The first-order valence-corrected chi connectivity index (χ1v) is 9.36. The fourth-order valence-corrected chi connectivity index (χ4v) is 3.84. The van der Waals surface area contributed by atoms with Crippen LogP contribution in [-0.2, 0) is 4.79 Å². The zero-order valence-corrected chi connectivity index (χ0v) is 14.5. The van der Waals surface area contributed by atoms with Crippen molar-refractivity contribution >= 4 is 23.7 Å². The van der Waals surface area contributed by atoms with Gasteiger partial charge in [-0.3, -0.25) is 4.79 Å². The van der Waals surface area contributed by atoms with Crippen molar-refractivity contribution in [3.8, 4) is 0 Å². The summed E-state index contributed by atoms with van der Waals surface area (Å²) in [5, 5.41) is 1.09. The summed E-state index contributed by atoms with van der Waals surface area (Å²) < 4.78 is 0. The molecular formula is C20H22N2OS. The van der Waals surface area contributed by atoms with Crippen molar-refractivity contribution in [2.24, 2.45) is 5.92 Å². The Balaban J connectivity index is 1.43. The van der Waals surface area contributed by atoms with Crippen LogP contribution in [0.15, 0.2) is 65.8 Å². The topological polar surface area (TPSA) is 33.2 Å². The van der Waals surface area contributed by atoms with E-state index < -0.39 is 0 Å². The van der Waals surface area contributed by atoms with Crippen molar-refractivity contribution < 1.29 is 4.79 Å². The first kappa shape index (κ1) is 16.8. The van der Waals surface area contributed by atoms with Crippen LogP contribution in [-0.4, -0.2) is 34.6 Å². The molecule has 124 valence electrons. The monoisotopic (exact) mass is 338 g/mol. The summed E-state index contributed by atoms with van der Waals surface area (Å²) in [7, 11) is 0. The van der Waals surface area contributed by atoms with E-state index in [1.165, 1.54) is 0 Å². The second kappa shape index (κ2) is 8.69. The van der Waals surface area contributed by atoms with Gasteiger partial charge in [0.1, 0.15) is 0 Å². The van der Waals surface area contributed by atoms with Crippen molar-refractivity contribution in [3.63, 3.8) is 0 Å². The maximum absolute atomic E-state index is 12.3. The van der Waals surface area contributed by atoms with E-state index in [9.17, 15) is 4.79 Å². The number of nitrogens with zero attached hydrogens (tertiary/aromatic N) is 2. The van der Waals surface area contributed by atoms with Crippen LogP contribution in [0.2, 0.25) is 0 Å². The lowest BCUT2D eigenvalue weighted by Gasteiger charge is -2.31. The van der Waals surface area contributed by atoms with Crippen LogP contribution in [0.3, 0.4) is 0 Å². The summed E-state index contributed by atoms with van der Waals surface area (Å²) in [6.07, 6.45) is 7.57. The minimum absolute atomic E-state index is 0.120. The lowest BCUT2D eigenvalue weighted by atomic mass is 9.99. The molecule has 0 N–H and O–H groups in total. The predicted octanol–water partition coefficient (Wildman–Crippen LogP) is 4.13. The fourth-order valence-electron chi connectivity index (χ4n) is 2.79. The quantitative estimate of drug-likeness (QED) is 0.607. The van der Waals surface area contributed by atoms with E-state index in [4.69, 9.17) is 0 Å². The lowest BCUT2D eigenvalue weighted by Crippen LogP contribution is -2.38. The molecule has 3 nitrogen and oxygen atoms in total. The summed E-state index contributed by atoms with van der Waals surface area (Å²) in [6.45, 7) is 1.71. The minimum atomic E-state index is 0.120. The number of likely N-dealkylation sites (tertiary alicyclic amines) is 1. The molecule has 0 unspecified atom stereocenters. The predicted molar refractivity (Wildman–Crippen MR) is 99.7 cm³/mol. The van der Waals surface area contributed by atoms with E-state index in [2.05, 4.69) is 11.1 Å². The SMILES string of the molecule is O=C(C=Cc1ccccc1)N1CCC(CSc2ccccn2)CC1. The Bertz CT molecular complexity index is 665. The zero-order valence-electron chi connectivity index (χ0n) is 13.7. The van der Waals surface area contributed by atoms with Crippen molar-refractivity contribution in [1.29, 1.82) is 0 Å². The number of aromatic nitrogens is 1. The number of amides is 1. The summed E-state index contributed by atoms with van der Waals surface area (Å²) in [6, 6.07) is 16.0. The average molecular weight is 338 g/mol. The van der Waals surface area contributed by atoms with Crippen LogP contribution in [0.4, 0.5) is 0 Å². The molecule has 1 aliphatic heterocycles. The molecule has 2 aromatic rings. The van der Waals surface area contributed by atoms with Crippen molar-refractivity contribution in [2.75, 3.05) is 18.8 Å². The second-order valence-electron chi connectivity index (χ2n) is 5.99. The van der Waals surface area contributed by atoms with Gasteiger partial charge >= 0.3 is 0 Å². The summed E-state index contributed by atoms with van der Waals surface area (Å²) >= 11 is 1.82. The third-order valence-corrected chi connectivity index (χ3v) is 5.42. The number of pyridine rings is 1. The number of hydrogen-bond acceptors (Lipinski definition) is 3. The average Bonchev–Trinajstić information content (AvgIpc) is 2.66. The maximum Gasteiger partial charge on any atom is 0.246 e. The van der Waals surface area contributed by atoms with E-state index in [1.807, 2.05) is 71.4 Å². The molecule has 1 aromatic carbocycles. The standard InChI is InChI=1S/C20H22N2OS/c23-20(10-9-17-6-2-1-3-7-17)22-14-11-18(12-15-22)16-24-19-8-4-5-13-21-19/h1-10,13,18H,11-12,14-16H2. The third-order valence-electron chi connectivity index (χ3n) is 4.25. The Morgan fingerprint density at radius 1 is 1.12 bits per heavy atom. The van der Waals surface area contributed by atoms with Gasteiger partial charge in [-0.15, -0.1) is 11.8 Å². The minimum Gasteiger partial charge on any atom is -0.339 e. The largest absolute Gasteiger partial charge is 0.339 e. The Kier molecular flexibility index (Phi) is 6.07. The second-order valence-corrected chi connectivity index (χ2v) is 7.03. The van der Waals surface area contributed by atoms with E-state index in [-0.39, 0.29) is 5.91 Å². The molecule has 2 heterocycles. The van der Waals surface area contributed by atoms with Gasteiger partial charge in [0.15, 0.2) is 0 Å². The van der Waals surface area contributed by atoms with Crippen LogP contribution in [0.25, 0.3) is 6.08 Å². The number of thioether (sulfide) groups is 1. The van der Waals surface area contributed by atoms with Crippen molar-refractivity contribution in [2.45, 2.75) is 17.9 Å². The van der Waals surface area contributed by atoms with Crippen LogP contribution >= 0.6 is 11.8 Å². The summed E-state index contributed by atoms with van der Waals surface area (Å²) in [4.78, 5) is 18.6. The fraction of sp³-hybridized carbons (Fsp3) is 0.300. The Morgan fingerprint density at radius 3 is 2.58 bits per heavy atom. The van der Waals surface area contributed by atoms with Crippen LogP contribution in [0.1, 0.15) is 18.4 Å². The van der Waals surface area contributed by atoms with E-state index in [0.29, 0.717) is 5.92 Å². The molecular weight excluding hydrogens is 316 g/mol. The molecule has 1 amide bonds. The molecule has 0 atom stereocenters. The van der Waals surface area contributed by atoms with Gasteiger partial charge in [-0.2, -0.15) is 0 Å². The van der Waals surface area contributed by atoms with Crippen molar-refractivity contribution in [1.82, 2.24) is 9.88 Å². The number of hydrogen-bond donors (Lipinski definition) is 0. The van der Waals surface area contributed by atoms with Crippen LogP contribution in [0, 0.1) is 5.92 Å². The molecule has 0 radical (unpaired) electrons. The number of benzene rings is 1. The molecule has 1 saturated heterocycles. The van der Waals surface area contributed by atoms with Gasteiger partial charge in [-0.1, -0.05) is 36.4 Å². The van der Waals surface area contributed by atoms with Gasteiger partial charge in [0, 0.05) is 31.1 Å². The van der Waals surface area contributed by atoms with E-state index >= 15 is 0 Å². The Labute approximate surface area is 147 Å². The Hall–Kier alpha value is -2.07. The molecule has 0 saturated carbocycles. The molecule has 0 spiro atoms. The van der Waals surface area contributed by atoms with Gasteiger partial charge < -0.3 is 4.90 Å². The molecule has 1 fully saturated rings. The Morgan fingerprint density at radius 2 is 1.88 bits per heavy atom. The van der Waals surface area contributed by atoms with Gasteiger partial charge in [-0.25, -0.2) is 4.98 Å². The highest BCUT2D eigenvalue weighted by Gasteiger charge is 2.21. The number of rotatable bonds is 5. The van der Waals surface area contributed by atoms with E-state index in [1.54, 1.807) is 6.08 Å². The highest BCUT2D eigenvalue weighted by atomic mass is 32.2. The van der Waals surface area contributed by atoms with Gasteiger partial charge in [0.25, 0.3) is 0 Å². The number of carbonyl (C=O) groups is 1. The van der Waals surface area contributed by atoms with Crippen LogP contribution in [0.5, 0.6) is 0 Å². The van der Waals surface area contributed by atoms with Gasteiger partial charge in [0.05, 0.1) is 5.03 Å². The zero-order chi connectivity index (χ0) is 16.6. The highest BCUT2D eigenvalue weighted by molar-refractivity contribution is 7.99. The summed E-state index contributed by atoms with van der Waals surface area (Å²) in [5.41, 5.74) is 1.06. The van der Waals surface area contributed by atoms with Crippen molar-refractivity contribution in [3.05, 3.63) is 66.4 Å². The van der Waals surface area contributed by atoms with Gasteiger partial charge in [0.2, 0.25) is 5.91 Å². The number of carbonyl (C=O) groups excluding carboxylic acids is 1. The third kappa shape index (κ3) is 4.96. The molecule has 24 heavy (non-hydrogen) atoms.